The van der Waals surface area contributed by atoms with Gasteiger partial charge in [-0.3, -0.25) is 9.59 Å². The summed E-state index contributed by atoms with van der Waals surface area (Å²) < 4.78 is 12.0. The molecule has 0 radical (unpaired) electrons. The molecule has 0 saturated heterocycles. The Morgan fingerprint density at radius 1 is 0.727 bits per heavy atom. The van der Waals surface area contributed by atoms with Crippen molar-refractivity contribution < 1.29 is 19.1 Å². The number of carbonyl (C=O) groups excluding carboxylic acids is 2. The van der Waals surface area contributed by atoms with E-state index in [0.29, 0.717) is 29.6 Å². The van der Waals surface area contributed by atoms with Gasteiger partial charge in [-0.15, -0.1) is 0 Å². The molecule has 234 valence electrons. The fourth-order valence-corrected chi connectivity index (χ4v) is 10.5. The minimum Gasteiger partial charge on any atom is -0.463 e. The molecular weight excluding hydrogens is 544 g/mol. The second kappa shape index (κ2) is 12.3. The number of rotatable bonds is 6. The van der Waals surface area contributed by atoms with Gasteiger partial charge in [-0.1, -0.05) is 92.2 Å². The third-order valence-corrected chi connectivity index (χ3v) is 12.6. The molecule has 0 bridgehead atoms. The number of benzene rings is 2. The van der Waals surface area contributed by atoms with Gasteiger partial charge in [-0.2, -0.15) is 0 Å². The molecule has 2 aromatic carbocycles. The Kier molecular flexibility index (Phi) is 8.65. The number of fused-ring (bicyclic) bond motifs is 5. The highest BCUT2D eigenvalue weighted by atomic mass is 16.5. The van der Waals surface area contributed by atoms with Crippen LogP contribution in [0.5, 0.6) is 0 Å². The zero-order valence-electron chi connectivity index (χ0n) is 27.3. The molecule has 0 heterocycles. The molecule has 0 N–H and O–H groups in total. The van der Waals surface area contributed by atoms with Gasteiger partial charge in [-0.05, 0) is 110 Å². The average Bonchev–Trinajstić information content (AvgIpc) is 3.37. The molecule has 9 atom stereocenters. The maximum atomic E-state index is 12.6. The second-order valence-electron chi connectivity index (χ2n) is 14.7. The summed E-state index contributed by atoms with van der Waals surface area (Å²) in [7, 11) is 0. The van der Waals surface area contributed by atoms with E-state index in [-0.39, 0.29) is 35.0 Å². The highest BCUT2D eigenvalue weighted by Gasteiger charge is 2.64. The topological polar surface area (TPSA) is 52.6 Å². The van der Waals surface area contributed by atoms with Crippen LogP contribution >= 0.6 is 0 Å². The lowest BCUT2D eigenvalue weighted by Crippen LogP contribution is -2.59. The van der Waals surface area contributed by atoms with Crippen LogP contribution in [-0.2, 0) is 19.1 Å². The Morgan fingerprint density at radius 2 is 1.36 bits per heavy atom. The van der Waals surface area contributed by atoms with Crippen LogP contribution < -0.4 is 0 Å². The lowest BCUT2D eigenvalue weighted by Gasteiger charge is -2.62. The first-order valence-electron chi connectivity index (χ1n) is 16.9. The Bertz CT molecular complexity index is 1370. The van der Waals surface area contributed by atoms with Crippen molar-refractivity contribution in [2.45, 2.75) is 98.2 Å². The van der Waals surface area contributed by atoms with Crippen LogP contribution in [0.2, 0.25) is 0 Å². The number of allylic oxidation sites excluding steroid dienone is 3. The summed E-state index contributed by atoms with van der Waals surface area (Å²) in [4.78, 5) is 24.3. The minimum absolute atomic E-state index is 0.0496. The first-order valence-corrected chi connectivity index (χ1v) is 16.9. The number of hydrogen-bond acceptors (Lipinski definition) is 4. The quantitative estimate of drug-likeness (QED) is 0.247. The van der Waals surface area contributed by atoms with Crippen LogP contribution in [0.3, 0.4) is 0 Å². The Balaban J connectivity index is 1.31. The van der Waals surface area contributed by atoms with E-state index in [4.69, 9.17) is 9.47 Å². The van der Waals surface area contributed by atoms with Gasteiger partial charge < -0.3 is 9.47 Å². The molecule has 4 fully saturated rings. The molecule has 0 aliphatic heterocycles. The third kappa shape index (κ3) is 5.59. The Labute approximate surface area is 264 Å². The molecule has 4 aliphatic carbocycles. The number of hydrogen-bond donors (Lipinski definition) is 0. The van der Waals surface area contributed by atoms with Gasteiger partial charge in [-0.25, -0.2) is 0 Å². The van der Waals surface area contributed by atoms with Gasteiger partial charge in [0, 0.05) is 19.3 Å². The smallest absolute Gasteiger partial charge is 0.302 e. The van der Waals surface area contributed by atoms with Gasteiger partial charge in [0.05, 0.1) is 0 Å². The van der Waals surface area contributed by atoms with Crippen molar-refractivity contribution in [1.82, 2.24) is 0 Å². The lowest BCUT2D eigenvalue weighted by atomic mass is 9.44. The fourth-order valence-electron chi connectivity index (χ4n) is 10.5. The van der Waals surface area contributed by atoms with Crippen molar-refractivity contribution in [1.29, 1.82) is 0 Å². The molecular formula is C40H50O4. The van der Waals surface area contributed by atoms with E-state index in [9.17, 15) is 9.59 Å². The van der Waals surface area contributed by atoms with E-state index in [1.165, 1.54) is 48.5 Å². The van der Waals surface area contributed by atoms with Crippen molar-refractivity contribution in [3.8, 4) is 0 Å². The Hall–Kier alpha value is -3.14. The zero-order valence-corrected chi connectivity index (χ0v) is 27.3. The van der Waals surface area contributed by atoms with Gasteiger partial charge in [0.2, 0.25) is 0 Å². The second-order valence-corrected chi connectivity index (χ2v) is 14.7. The molecule has 0 aromatic heterocycles. The van der Waals surface area contributed by atoms with E-state index >= 15 is 0 Å². The predicted octanol–water partition coefficient (Wildman–Crippen LogP) is 9.20. The maximum absolute atomic E-state index is 12.6. The van der Waals surface area contributed by atoms with Crippen LogP contribution in [-0.4, -0.2) is 24.1 Å². The van der Waals surface area contributed by atoms with E-state index in [0.717, 1.165) is 32.1 Å². The summed E-state index contributed by atoms with van der Waals surface area (Å²) >= 11 is 0. The van der Waals surface area contributed by atoms with Crippen molar-refractivity contribution in [3.63, 3.8) is 0 Å². The monoisotopic (exact) mass is 594 g/mol. The number of esters is 2. The maximum Gasteiger partial charge on any atom is 0.302 e. The van der Waals surface area contributed by atoms with Crippen molar-refractivity contribution in [3.05, 3.63) is 89.5 Å². The van der Waals surface area contributed by atoms with E-state index in [1.54, 1.807) is 6.92 Å². The number of carbonyl (C=O) groups is 2. The molecule has 0 unspecified atom stereocenters. The molecule has 6 rings (SSSR count). The first-order chi connectivity index (χ1) is 21.1. The molecule has 2 aromatic rings. The predicted molar refractivity (Wildman–Crippen MR) is 175 cm³/mol. The summed E-state index contributed by atoms with van der Waals surface area (Å²) in [5.41, 5.74) is 5.15. The standard InChI is InChI=1S/C40H50O4/c1-26(16-18-33(29-12-8-6-9-13-29)30-14-10-7-11-15-30)35-20-21-36-34-19-17-31-24-32(43-27(2)41)22-23-39(31,4)37(34)25-38(40(35,36)5)44-28(3)42/h6-16,18,31-32,34-38H,17,19-25H2,1-5H3/t31-,32-,34+,35-,36+,37+,38+,39+,40-/m1/s1. The summed E-state index contributed by atoms with van der Waals surface area (Å²) in [6, 6.07) is 21.3. The highest BCUT2D eigenvalue weighted by molar-refractivity contribution is 5.80. The van der Waals surface area contributed by atoms with Gasteiger partial charge in [0.1, 0.15) is 12.2 Å². The van der Waals surface area contributed by atoms with Crippen LogP contribution in [0.25, 0.3) is 5.57 Å². The molecule has 44 heavy (non-hydrogen) atoms. The van der Waals surface area contributed by atoms with Crippen molar-refractivity contribution in [2.24, 2.45) is 40.4 Å². The van der Waals surface area contributed by atoms with Gasteiger partial charge in [0.25, 0.3) is 0 Å². The van der Waals surface area contributed by atoms with E-state index in [1.807, 2.05) is 0 Å². The Morgan fingerprint density at radius 3 is 1.98 bits per heavy atom. The normalized spacial score (nSPS) is 36.3. The largest absolute Gasteiger partial charge is 0.463 e. The molecule has 0 amide bonds. The highest BCUT2D eigenvalue weighted by Crippen LogP contribution is 2.68. The molecule has 4 nitrogen and oxygen atoms in total. The lowest BCUT2D eigenvalue weighted by molar-refractivity contribution is -0.193. The third-order valence-electron chi connectivity index (χ3n) is 12.6. The first kappa shape index (κ1) is 30.9. The number of ether oxygens (including phenoxy) is 2. The van der Waals surface area contributed by atoms with Gasteiger partial charge >= 0.3 is 11.9 Å². The summed E-state index contributed by atoms with van der Waals surface area (Å²) in [6.45, 7) is 10.4. The summed E-state index contributed by atoms with van der Waals surface area (Å²) in [6.07, 6.45) is 13.3. The SMILES string of the molecule is CC(=O)O[C@@H]1CC[C@@]2(C)[C@H](CC[C@@H]3[C@@H]2C[C@H](OC(C)=O)[C@]2(C)[C@@H](C(C)=CC=C(c4ccccc4)c4ccccc4)CC[C@@H]32)C1. The fraction of sp³-hybridized carbons (Fsp3) is 0.550. The van der Waals surface area contributed by atoms with Crippen molar-refractivity contribution in [2.75, 3.05) is 0 Å². The van der Waals surface area contributed by atoms with Crippen LogP contribution in [0.4, 0.5) is 0 Å². The van der Waals surface area contributed by atoms with Crippen molar-refractivity contribution >= 4 is 17.5 Å². The van der Waals surface area contributed by atoms with Crippen LogP contribution in [0, 0.1) is 40.4 Å². The van der Waals surface area contributed by atoms with Crippen LogP contribution in [0.15, 0.2) is 78.4 Å². The minimum atomic E-state index is -0.162. The zero-order chi connectivity index (χ0) is 31.1. The summed E-state index contributed by atoms with van der Waals surface area (Å²) in [5.74, 6) is 2.32. The van der Waals surface area contributed by atoms with Gasteiger partial charge in [0.15, 0.2) is 0 Å². The summed E-state index contributed by atoms with van der Waals surface area (Å²) in [5, 5.41) is 0. The average molecular weight is 595 g/mol. The van der Waals surface area contributed by atoms with E-state index < -0.39 is 0 Å². The molecule has 4 heteroatoms. The molecule has 4 aliphatic rings. The molecule has 0 spiro atoms. The van der Waals surface area contributed by atoms with Crippen LogP contribution in [0.1, 0.15) is 97.1 Å². The van der Waals surface area contributed by atoms with E-state index in [2.05, 4.69) is 93.6 Å². The molecule has 4 saturated carbocycles.